The summed E-state index contributed by atoms with van der Waals surface area (Å²) < 4.78 is 48.4. The van der Waals surface area contributed by atoms with Crippen LogP contribution in [0.3, 0.4) is 0 Å². The van der Waals surface area contributed by atoms with Gasteiger partial charge in [-0.05, 0) is 48.9 Å². The first-order chi connectivity index (χ1) is 16.6. The third-order valence-electron chi connectivity index (χ3n) is 5.66. The van der Waals surface area contributed by atoms with Crippen LogP contribution >= 0.6 is 0 Å². The van der Waals surface area contributed by atoms with Gasteiger partial charge in [-0.2, -0.15) is 9.40 Å². The fourth-order valence-electron chi connectivity index (χ4n) is 3.83. The van der Waals surface area contributed by atoms with Gasteiger partial charge in [-0.15, -0.1) is 0 Å². The molecule has 4 aromatic rings. The van der Waals surface area contributed by atoms with Gasteiger partial charge in [0.1, 0.15) is 28.0 Å². The summed E-state index contributed by atoms with van der Waals surface area (Å²) in [5.41, 5.74) is 2.59. The molecule has 0 bridgehead atoms. The largest absolute Gasteiger partial charge is 0.507 e. The highest BCUT2D eigenvalue weighted by molar-refractivity contribution is 7.89. The van der Waals surface area contributed by atoms with Gasteiger partial charge in [0.05, 0.1) is 24.7 Å². The van der Waals surface area contributed by atoms with Crippen molar-refractivity contribution in [3.8, 4) is 34.2 Å². The molecule has 35 heavy (non-hydrogen) atoms. The molecule has 0 aliphatic carbocycles. The summed E-state index contributed by atoms with van der Waals surface area (Å²) in [6.07, 6.45) is 1.53. The third-order valence-corrected chi connectivity index (χ3v) is 7.50. The van der Waals surface area contributed by atoms with Gasteiger partial charge in [0, 0.05) is 30.8 Å². The molecule has 2 N–H and O–H groups in total. The number of halogens is 1. The molecule has 182 valence electrons. The molecule has 3 aromatic carbocycles. The fourth-order valence-corrected chi connectivity index (χ4v) is 5.07. The van der Waals surface area contributed by atoms with Gasteiger partial charge in [0.15, 0.2) is 0 Å². The molecule has 4 rings (SSSR count). The van der Waals surface area contributed by atoms with E-state index < -0.39 is 26.5 Å². The maximum atomic E-state index is 13.8. The van der Waals surface area contributed by atoms with Crippen molar-refractivity contribution in [2.24, 2.45) is 0 Å². The molecule has 1 aromatic heterocycles. The van der Waals surface area contributed by atoms with Gasteiger partial charge in [-0.1, -0.05) is 18.2 Å². The van der Waals surface area contributed by atoms with Crippen molar-refractivity contribution in [1.29, 1.82) is 0 Å². The van der Waals surface area contributed by atoms with Gasteiger partial charge < -0.3 is 14.9 Å². The second-order valence-corrected chi connectivity index (χ2v) is 9.98. The van der Waals surface area contributed by atoms with Crippen LogP contribution in [0.1, 0.15) is 11.1 Å². The van der Waals surface area contributed by atoms with Gasteiger partial charge in [-0.3, -0.25) is 0 Å². The van der Waals surface area contributed by atoms with Crippen LogP contribution in [-0.2, 0) is 16.6 Å². The minimum atomic E-state index is -4.26. The van der Waals surface area contributed by atoms with E-state index in [0.29, 0.717) is 17.0 Å². The first-order valence-electron chi connectivity index (χ1n) is 10.6. The molecule has 0 amide bonds. The Morgan fingerprint density at radius 2 is 1.80 bits per heavy atom. The van der Waals surface area contributed by atoms with Crippen LogP contribution in [0.15, 0.2) is 71.8 Å². The Morgan fingerprint density at radius 3 is 2.51 bits per heavy atom. The molecule has 0 aliphatic rings. The predicted molar refractivity (Wildman–Crippen MR) is 129 cm³/mol. The van der Waals surface area contributed by atoms with Crippen molar-refractivity contribution < 1.29 is 27.8 Å². The van der Waals surface area contributed by atoms with Crippen LogP contribution in [0.4, 0.5) is 4.39 Å². The first kappa shape index (κ1) is 24.2. The van der Waals surface area contributed by atoms with E-state index >= 15 is 0 Å². The number of aromatic hydroxyl groups is 2. The zero-order valence-corrected chi connectivity index (χ0v) is 20.1. The maximum Gasteiger partial charge on any atom is 0.246 e. The topological polar surface area (TPSA) is 105 Å². The Bertz CT molecular complexity index is 1500. The fraction of sp³-hybridized carbons (Fsp3) is 0.160. The van der Waals surface area contributed by atoms with Gasteiger partial charge >= 0.3 is 0 Å². The van der Waals surface area contributed by atoms with Crippen molar-refractivity contribution in [2.45, 2.75) is 18.4 Å². The van der Waals surface area contributed by atoms with E-state index in [2.05, 4.69) is 5.10 Å². The number of methoxy groups -OCH3 is 1. The summed E-state index contributed by atoms with van der Waals surface area (Å²) in [5, 5.41) is 25.4. The summed E-state index contributed by atoms with van der Waals surface area (Å²) in [5.74, 6) is -1.14. The quantitative estimate of drug-likeness (QED) is 0.396. The van der Waals surface area contributed by atoms with Crippen molar-refractivity contribution in [3.05, 3.63) is 83.8 Å². The molecule has 0 fully saturated rings. The number of sulfonamides is 1. The molecule has 0 unspecified atom stereocenters. The third kappa shape index (κ3) is 4.58. The first-order valence-corrected chi connectivity index (χ1v) is 12.0. The number of aryl methyl sites for hydroxylation is 1. The van der Waals surface area contributed by atoms with Crippen LogP contribution in [-0.4, -0.2) is 46.9 Å². The Balaban J connectivity index is 1.77. The van der Waals surface area contributed by atoms with Crippen LogP contribution in [0.5, 0.6) is 17.2 Å². The Kier molecular flexibility index (Phi) is 6.51. The summed E-state index contributed by atoms with van der Waals surface area (Å²) in [7, 11) is -1.54. The van der Waals surface area contributed by atoms with Gasteiger partial charge in [0.2, 0.25) is 10.0 Å². The number of para-hydroxylation sites is 1. The highest BCUT2D eigenvalue weighted by Gasteiger charge is 2.28. The number of ether oxygens (including phenoxy) is 1. The van der Waals surface area contributed by atoms with Gasteiger partial charge in [0.25, 0.3) is 0 Å². The van der Waals surface area contributed by atoms with Gasteiger partial charge in [-0.25, -0.2) is 17.5 Å². The summed E-state index contributed by atoms with van der Waals surface area (Å²) in [4.78, 5) is -0.416. The second-order valence-electron chi connectivity index (χ2n) is 7.97. The lowest BCUT2D eigenvalue weighted by atomic mass is 10.1. The highest BCUT2D eigenvalue weighted by atomic mass is 32.2. The maximum absolute atomic E-state index is 13.8. The molecule has 0 aliphatic heterocycles. The standard InChI is InChI=1S/C25H24FN3O5S/c1-16-6-4-5-7-20(16)29-21(10-11-27-29)19-13-25(23(31)14-22(19)30)35(32,33)28(2)15-17-12-18(26)8-9-24(17)34-3/h4-14,30-31H,15H2,1-3H3. The lowest BCUT2D eigenvalue weighted by Crippen LogP contribution is -2.27. The van der Waals surface area contributed by atoms with Crippen LogP contribution in [0, 0.1) is 12.7 Å². The zero-order valence-electron chi connectivity index (χ0n) is 19.3. The van der Waals surface area contributed by atoms with Crippen molar-refractivity contribution in [1.82, 2.24) is 14.1 Å². The monoisotopic (exact) mass is 497 g/mol. The molecular formula is C25H24FN3O5S. The molecule has 10 heteroatoms. The van der Waals surface area contributed by atoms with Crippen molar-refractivity contribution >= 4 is 10.0 Å². The predicted octanol–water partition coefficient (Wildman–Crippen LogP) is 4.23. The van der Waals surface area contributed by atoms with E-state index in [1.54, 1.807) is 10.7 Å². The van der Waals surface area contributed by atoms with E-state index in [1.165, 1.54) is 44.6 Å². The lowest BCUT2D eigenvalue weighted by molar-refractivity contribution is 0.395. The Hall–Kier alpha value is -3.89. The number of benzene rings is 3. The molecule has 8 nitrogen and oxygen atoms in total. The van der Waals surface area contributed by atoms with Crippen molar-refractivity contribution in [3.63, 3.8) is 0 Å². The molecule has 0 radical (unpaired) electrons. The highest BCUT2D eigenvalue weighted by Crippen LogP contribution is 2.39. The number of nitrogens with zero attached hydrogens (tertiary/aromatic N) is 3. The molecule has 0 saturated heterocycles. The SMILES string of the molecule is COc1ccc(F)cc1CN(C)S(=O)(=O)c1cc(-c2ccnn2-c2ccccc2C)c(O)cc1O. The average Bonchev–Trinajstić information content (AvgIpc) is 3.28. The minimum absolute atomic E-state index is 0.166. The van der Waals surface area contributed by atoms with E-state index in [9.17, 15) is 23.0 Å². The average molecular weight is 498 g/mol. The van der Waals surface area contributed by atoms with Crippen LogP contribution in [0.25, 0.3) is 16.9 Å². The Labute approximate surface area is 202 Å². The number of rotatable bonds is 7. The zero-order chi connectivity index (χ0) is 25.3. The number of hydrogen-bond donors (Lipinski definition) is 2. The van der Waals surface area contributed by atoms with Crippen molar-refractivity contribution in [2.75, 3.05) is 14.2 Å². The molecule has 0 spiro atoms. The second kappa shape index (κ2) is 9.40. The lowest BCUT2D eigenvalue weighted by Gasteiger charge is -2.20. The molecule has 1 heterocycles. The number of aromatic nitrogens is 2. The number of phenolic OH excluding ortho intramolecular Hbond substituents is 2. The minimum Gasteiger partial charge on any atom is -0.507 e. The molecule has 0 saturated carbocycles. The van der Waals surface area contributed by atoms with Crippen LogP contribution < -0.4 is 4.74 Å². The van der Waals surface area contributed by atoms with E-state index in [4.69, 9.17) is 4.74 Å². The summed E-state index contributed by atoms with van der Waals surface area (Å²) in [6, 6.07) is 15.1. The summed E-state index contributed by atoms with van der Waals surface area (Å²) >= 11 is 0. The van der Waals surface area contributed by atoms with E-state index in [0.717, 1.165) is 21.6 Å². The van der Waals surface area contributed by atoms with Crippen LogP contribution in [0.2, 0.25) is 0 Å². The smallest absolute Gasteiger partial charge is 0.246 e. The van der Waals surface area contributed by atoms with E-state index in [1.807, 2.05) is 31.2 Å². The molecular weight excluding hydrogens is 473 g/mol. The number of phenols is 2. The summed E-state index contributed by atoms with van der Waals surface area (Å²) in [6.45, 7) is 1.70. The van der Waals surface area contributed by atoms with E-state index in [-0.39, 0.29) is 17.9 Å². The molecule has 0 atom stereocenters. The normalized spacial score (nSPS) is 11.7. The Morgan fingerprint density at radius 1 is 1.06 bits per heavy atom. The number of hydrogen-bond acceptors (Lipinski definition) is 6.